The molecule has 1 aliphatic carbocycles. The Hall–Kier alpha value is -4.57. The average molecular weight is 537 g/mol. The topological polar surface area (TPSA) is 108 Å². The largest absolute Gasteiger partial charge is 0.335 e. The minimum Gasteiger partial charge on any atom is -0.335 e. The van der Waals surface area contributed by atoms with Gasteiger partial charge in [0.15, 0.2) is 17.3 Å². The van der Waals surface area contributed by atoms with Crippen molar-refractivity contribution in [3.63, 3.8) is 0 Å². The minimum atomic E-state index is -0.526. The standard InChI is InChI=1S/C30H26F2N8/c31-22-8-4-3-7-20(22)21-9-10-35-29-27(21)37-30(38-29)28-24-23(39-40-28)16-36-26(25(24)32)19-11-18(14-34-15-19)13-33-12-17-5-1-2-6-17/h3-4,7-11,14-17,33H,1-2,5-6,12-13H2,(H,39,40)(H,35,37,38). The van der Waals surface area contributed by atoms with Gasteiger partial charge in [0.25, 0.3) is 0 Å². The van der Waals surface area contributed by atoms with Crippen LogP contribution in [0.15, 0.2) is 61.2 Å². The molecule has 40 heavy (non-hydrogen) atoms. The first-order chi connectivity index (χ1) is 19.7. The fraction of sp³-hybridized carbons (Fsp3) is 0.233. The molecule has 0 amide bonds. The number of aromatic nitrogens is 7. The van der Waals surface area contributed by atoms with E-state index >= 15 is 4.39 Å². The van der Waals surface area contributed by atoms with Gasteiger partial charge in [0.05, 0.1) is 22.6 Å². The van der Waals surface area contributed by atoms with Gasteiger partial charge < -0.3 is 10.3 Å². The molecular weight excluding hydrogens is 510 g/mol. The highest BCUT2D eigenvalue weighted by atomic mass is 19.1. The van der Waals surface area contributed by atoms with Gasteiger partial charge in [-0.15, -0.1) is 0 Å². The molecule has 0 aliphatic heterocycles. The number of aromatic amines is 2. The van der Waals surface area contributed by atoms with Crippen LogP contribution in [0.3, 0.4) is 0 Å². The van der Waals surface area contributed by atoms with E-state index in [9.17, 15) is 4.39 Å². The van der Waals surface area contributed by atoms with E-state index in [0.717, 1.165) is 18.0 Å². The summed E-state index contributed by atoms with van der Waals surface area (Å²) >= 11 is 0. The molecule has 0 unspecified atom stereocenters. The summed E-state index contributed by atoms with van der Waals surface area (Å²) in [6.07, 6.45) is 11.7. The summed E-state index contributed by atoms with van der Waals surface area (Å²) in [5.74, 6) is 0.162. The number of hydrogen-bond acceptors (Lipinski definition) is 6. The van der Waals surface area contributed by atoms with Crippen LogP contribution in [-0.2, 0) is 6.54 Å². The van der Waals surface area contributed by atoms with E-state index in [1.165, 1.54) is 31.7 Å². The quantitative estimate of drug-likeness (QED) is 0.225. The number of imidazole rings is 1. The fourth-order valence-corrected chi connectivity index (χ4v) is 5.62. The number of rotatable bonds is 7. The third-order valence-corrected chi connectivity index (χ3v) is 7.63. The van der Waals surface area contributed by atoms with Crippen LogP contribution in [0.1, 0.15) is 31.2 Å². The maximum Gasteiger partial charge on any atom is 0.178 e. The van der Waals surface area contributed by atoms with Gasteiger partial charge in [-0.05, 0) is 49.1 Å². The Bertz CT molecular complexity index is 1840. The zero-order valence-electron chi connectivity index (χ0n) is 21.6. The van der Waals surface area contributed by atoms with Gasteiger partial charge in [0, 0.05) is 41.8 Å². The summed E-state index contributed by atoms with van der Waals surface area (Å²) in [6, 6.07) is 10.1. The van der Waals surface area contributed by atoms with Crippen molar-refractivity contribution >= 4 is 22.1 Å². The monoisotopic (exact) mass is 536 g/mol. The molecule has 0 saturated heterocycles. The van der Waals surface area contributed by atoms with Crippen LogP contribution in [-0.4, -0.2) is 41.7 Å². The Morgan fingerprint density at radius 1 is 0.950 bits per heavy atom. The summed E-state index contributed by atoms with van der Waals surface area (Å²) in [6.45, 7) is 1.64. The van der Waals surface area contributed by atoms with Crippen molar-refractivity contribution < 1.29 is 8.78 Å². The number of halogens is 2. The van der Waals surface area contributed by atoms with Crippen molar-refractivity contribution in [1.29, 1.82) is 0 Å². The SMILES string of the molecule is Fc1ccccc1-c1ccnc2nc(-c3n[nH]c4cnc(-c5cncc(CNCC6CCCC6)c5)c(F)c34)[nH]c12. The lowest BCUT2D eigenvalue weighted by Gasteiger charge is -2.11. The molecule has 1 fully saturated rings. The van der Waals surface area contributed by atoms with Gasteiger partial charge in [0.2, 0.25) is 0 Å². The molecule has 0 bridgehead atoms. The molecule has 1 saturated carbocycles. The molecule has 200 valence electrons. The van der Waals surface area contributed by atoms with Crippen molar-refractivity contribution in [3.05, 3.63) is 78.4 Å². The lowest BCUT2D eigenvalue weighted by atomic mass is 10.1. The Balaban J connectivity index is 1.24. The van der Waals surface area contributed by atoms with Crippen LogP contribution in [0.2, 0.25) is 0 Å². The smallest absolute Gasteiger partial charge is 0.178 e. The number of H-pyrrole nitrogens is 2. The van der Waals surface area contributed by atoms with Crippen LogP contribution >= 0.6 is 0 Å². The Labute approximate surface area is 228 Å². The molecule has 0 spiro atoms. The summed E-state index contributed by atoms with van der Waals surface area (Å²) in [4.78, 5) is 20.8. The Morgan fingerprint density at radius 2 is 1.82 bits per heavy atom. The van der Waals surface area contributed by atoms with Gasteiger partial charge in [-0.25, -0.2) is 18.7 Å². The number of fused-ring (bicyclic) bond motifs is 2. The lowest BCUT2D eigenvalue weighted by Crippen LogP contribution is -2.20. The first-order valence-electron chi connectivity index (χ1n) is 13.4. The predicted molar refractivity (Wildman–Crippen MR) is 149 cm³/mol. The van der Waals surface area contributed by atoms with Crippen molar-refractivity contribution in [2.45, 2.75) is 32.2 Å². The first-order valence-corrected chi connectivity index (χ1v) is 13.4. The molecule has 8 nitrogen and oxygen atoms in total. The second-order valence-electron chi connectivity index (χ2n) is 10.3. The molecule has 5 aromatic heterocycles. The van der Waals surface area contributed by atoms with E-state index < -0.39 is 5.82 Å². The van der Waals surface area contributed by atoms with Crippen molar-refractivity contribution in [3.8, 4) is 33.9 Å². The van der Waals surface area contributed by atoms with Gasteiger partial charge in [-0.1, -0.05) is 31.0 Å². The average Bonchev–Trinajstić information content (AvgIpc) is 3.73. The highest BCUT2D eigenvalue weighted by Crippen LogP contribution is 2.34. The molecule has 1 aliphatic rings. The van der Waals surface area contributed by atoms with E-state index in [0.29, 0.717) is 45.7 Å². The van der Waals surface area contributed by atoms with E-state index in [-0.39, 0.29) is 22.6 Å². The van der Waals surface area contributed by atoms with Crippen molar-refractivity contribution in [2.75, 3.05) is 6.54 Å². The minimum absolute atomic E-state index is 0.182. The molecule has 0 radical (unpaired) electrons. The van der Waals surface area contributed by atoms with E-state index in [1.807, 2.05) is 6.07 Å². The van der Waals surface area contributed by atoms with Crippen molar-refractivity contribution in [2.24, 2.45) is 5.92 Å². The Kier molecular flexibility index (Phi) is 6.24. The van der Waals surface area contributed by atoms with Gasteiger partial charge in [-0.2, -0.15) is 5.10 Å². The van der Waals surface area contributed by atoms with Gasteiger partial charge in [-0.3, -0.25) is 15.1 Å². The van der Waals surface area contributed by atoms with Crippen LogP contribution in [0.25, 0.3) is 56.0 Å². The third kappa shape index (κ3) is 4.40. The summed E-state index contributed by atoms with van der Waals surface area (Å²) in [7, 11) is 0. The number of pyridine rings is 3. The van der Waals surface area contributed by atoms with Crippen LogP contribution in [0.5, 0.6) is 0 Å². The van der Waals surface area contributed by atoms with Crippen molar-refractivity contribution in [1.82, 2.24) is 40.4 Å². The second-order valence-corrected chi connectivity index (χ2v) is 10.3. The predicted octanol–water partition coefficient (Wildman–Crippen LogP) is 6.18. The van der Waals surface area contributed by atoms with Crippen LogP contribution < -0.4 is 5.32 Å². The highest BCUT2D eigenvalue weighted by molar-refractivity contribution is 5.97. The third-order valence-electron chi connectivity index (χ3n) is 7.63. The van der Waals surface area contributed by atoms with Crippen LogP contribution in [0, 0.1) is 17.6 Å². The number of nitrogens with one attached hydrogen (secondary N) is 3. The number of nitrogens with zero attached hydrogens (tertiary/aromatic N) is 5. The molecule has 0 atom stereocenters. The molecular formula is C30H26F2N8. The summed E-state index contributed by atoms with van der Waals surface area (Å²) < 4.78 is 30.7. The van der Waals surface area contributed by atoms with Gasteiger partial charge >= 0.3 is 0 Å². The summed E-state index contributed by atoms with van der Waals surface area (Å²) in [5.41, 5.74) is 4.39. The normalized spacial score (nSPS) is 14.1. The zero-order valence-corrected chi connectivity index (χ0v) is 21.6. The second kappa shape index (κ2) is 10.2. The van der Waals surface area contributed by atoms with E-state index in [4.69, 9.17) is 0 Å². The molecule has 6 aromatic rings. The number of benzene rings is 1. The molecule has 10 heteroatoms. The summed E-state index contributed by atoms with van der Waals surface area (Å²) in [5, 5.41) is 11.0. The zero-order chi connectivity index (χ0) is 27.1. The lowest BCUT2D eigenvalue weighted by molar-refractivity contribution is 0.489. The first kappa shape index (κ1) is 24.5. The number of hydrogen-bond donors (Lipinski definition) is 3. The molecule has 3 N–H and O–H groups in total. The molecule has 5 heterocycles. The molecule has 1 aromatic carbocycles. The maximum atomic E-state index is 16.1. The highest BCUT2D eigenvalue weighted by Gasteiger charge is 2.22. The Morgan fingerprint density at radius 3 is 2.70 bits per heavy atom. The maximum absolute atomic E-state index is 16.1. The van der Waals surface area contributed by atoms with E-state index in [2.05, 4.69) is 40.4 Å². The van der Waals surface area contributed by atoms with E-state index in [1.54, 1.807) is 49.1 Å². The molecule has 7 rings (SSSR count). The van der Waals surface area contributed by atoms with Gasteiger partial charge in [0.1, 0.15) is 17.2 Å². The van der Waals surface area contributed by atoms with Crippen LogP contribution in [0.4, 0.5) is 8.78 Å². The fourth-order valence-electron chi connectivity index (χ4n) is 5.62.